The van der Waals surface area contributed by atoms with Crippen LogP contribution >= 0.6 is 11.3 Å². The van der Waals surface area contributed by atoms with E-state index < -0.39 is 0 Å². The van der Waals surface area contributed by atoms with E-state index in [1.807, 2.05) is 55.3 Å². The van der Waals surface area contributed by atoms with Crippen LogP contribution in [0, 0.1) is 16.7 Å². The van der Waals surface area contributed by atoms with Gasteiger partial charge >= 0.3 is 0 Å². The van der Waals surface area contributed by atoms with E-state index in [-0.39, 0.29) is 11.3 Å². The van der Waals surface area contributed by atoms with Gasteiger partial charge in [0.25, 0.3) is 0 Å². The van der Waals surface area contributed by atoms with Crippen molar-refractivity contribution in [1.82, 2.24) is 9.88 Å². The Morgan fingerprint density at radius 1 is 1.20 bits per heavy atom. The van der Waals surface area contributed by atoms with Crippen LogP contribution in [0.2, 0.25) is 0 Å². The molecule has 0 bridgehead atoms. The lowest BCUT2D eigenvalue weighted by Crippen LogP contribution is -2.51. The second kappa shape index (κ2) is 6.85. The van der Waals surface area contributed by atoms with Crippen LogP contribution in [-0.4, -0.2) is 42.0 Å². The fraction of sp³-hybridized carbons (Fsp3) is 0.421. The van der Waals surface area contributed by atoms with Crippen molar-refractivity contribution in [2.45, 2.75) is 20.8 Å². The van der Waals surface area contributed by atoms with Crippen LogP contribution in [0.4, 0.5) is 5.13 Å². The van der Waals surface area contributed by atoms with Crippen LogP contribution in [0.25, 0.3) is 11.3 Å². The van der Waals surface area contributed by atoms with Crippen LogP contribution in [0.1, 0.15) is 26.3 Å². The third-order valence-corrected chi connectivity index (χ3v) is 5.20. The predicted octanol–water partition coefficient (Wildman–Crippen LogP) is 3.38. The Morgan fingerprint density at radius 2 is 1.88 bits per heavy atom. The molecule has 0 spiro atoms. The minimum absolute atomic E-state index is 0.204. The first kappa shape index (κ1) is 17.4. The van der Waals surface area contributed by atoms with Gasteiger partial charge in [0.05, 0.1) is 17.3 Å². The lowest BCUT2D eigenvalue weighted by atomic mass is 9.94. The summed E-state index contributed by atoms with van der Waals surface area (Å²) in [5.74, 6) is 0.204. The van der Waals surface area contributed by atoms with E-state index in [9.17, 15) is 10.1 Å². The summed E-state index contributed by atoms with van der Waals surface area (Å²) < 4.78 is 0. The largest absolute Gasteiger partial charge is 0.345 e. The Kier molecular flexibility index (Phi) is 4.78. The molecule has 3 rings (SSSR count). The molecule has 2 aromatic rings. The zero-order valence-electron chi connectivity index (χ0n) is 14.8. The highest BCUT2D eigenvalue weighted by molar-refractivity contribution is 7.14. The highest BCUT2D eigenvalue weighted by atomic mass is 32.1. The third-order valence-electron chi connectivity index (χ3n) is 4.29. The first-order valence-corrected chi connectivity index (χ1v) is 9.27. The van der Waals surface area contributed by atoms with E-state index in [1.165, 1.54) is 0 Å². The first-order valence-electron chi connectivity index (χ1n) is 8.39. The Morgan fingerprint density at radius 3 is 2.52 bits per heavy atom. The van der Waals surface area contributed by atoms with Crippen LogP contribution in [0.3, 0.4) is 0 Å². The molecule has 130 valence electrons. The molecule has 2 heterocycles. The van der Waals surface area contributed by atoms with Crippen molar-refractivity contribution in [3.63, 3.8) is 0 Å². The molecule has 0 saturated carbocycles. The predicted molar refractivity (Wildman–Crippen MR) is 101 cm³/mol. The van der Waals surface area contributed by atoms with Crippen LogP contribution < -0.4 is 4.90 Å². The normalized spacial score (nSPS) is 15.1. The molecule has 6 heteroatoms. The van der Waals surface area contributed by atoms with Crippen LogP contribution in [0.15, 0.2) is 29.6 Å². The summed E-state index contributed by atoms with van der Waals surface area (Å²) in [6.45, 7) is 8.90. The number of aromatic nitrogens is 1. The average molecular weight is 354 g/mol. The number of rotatable bonds is 2. The smallest absolute Gasteiger partial charge is 0.228 e. The zero-order chi connectivity index (χ0) is 18.0. The van der Waals surface area contributed by atoms with Gasteiger partial charge in [0.15, 0.2) is 5.13 Å². The number of anilines is 1. The van der Waals surface area contributed by atoms with Gasteiger partial charge in [-0.3, -0.25) is 4.79 Å². The number of piperazine rings is 1. The van der Waals surface area contributed by atoms with Gasteiger partial charge in [-0.1, -0.05) is 39.0 Å². The molecule has 1 aliphatic heterocycles. The quantitative estimate of drug-likeness (QED) is 0.829. The molecule has 1 aliphatic rings. The molecule has 0 radical (unpaired) electrons. The van der Waals surface area contributed by atoms with Gasteiger partial charge in [0.2, 0.25) is 5.91 Å². The number of nitrogens with zero attached hydrogens (tertiary/aromatic N) is 4. The molecular formula is C19H22N4OS. The molecule has 0 aliphatic carbocycles. The topological polar surface area (TPSA) is 60.2 Å². The number of thiazole rings is 1. The molecule has 1 saturated heterocycles. The average Bonchev–Trinajstić information content (AvgIpc) is 3.10. The van der Waals surface area contributed by atoms with Gasteiger partial charge < -0.3 is 9.80 Å². The molecule has 1 aromatic heterocycles. The Bertz CT molecular complexity index is 807. The summed E-state index contributed by atoms with van der Waals surface area (Å²) in [7, 11) is 0. The summed E-state index contributed by atoms with van der Waals surface area (Å²) in [6.07, 6.45) is 0. The third kappa shape index (κ3) is 3.67. The van der Waals surface area contributed by atoms with Crippen molar-refractivity contribution in [1.29, 1.82) is 5.26 Å². The number of hydrogen-bond donors (Lipinski definition) is 0. The second-order valence-corrected chi connectivity index (χ2v) is 8.04. The maximum absolute atomic E-state index is 12.4. The van der Waals surface area contributed by atoms with Crippen molar-refractivity contribution in [3.8, 4) is 17.3 Å². The summed E-state index contributed by atoms with van der Waals surface area (Å²) >= 11 is 1.59. The monoisotopic (exact) mass is 354 g/mol. The molecule has 0 unspecified atom stereocenters. The molecule has 1 amide bonds. The van der Waals surface area contributed by atoms with Crippen molar-refractivity contribution < 1.29 is 4.79 Å². The number of nitriles is 1. The van der Waals surface area contributed by atoms with Gasteiger partial charge in [0.1, 0.15) is 0 Å². The van der Waals surface area contributed by atoms with E-state index in [0.717, 1.165) is 42.6 Å². The Balaban J connectivity index is 1.71. The molecule has 25 heavy (non-hydrogen) atoms. The van der Waals surface area contributed by atoms with Gasteiger partial charge in [-0.25, -0.2) is 4.98 Å². The molecule has 5 nitrogen and oxygen atoms in total. The highest BCUT2D eigenvalue weighted by Crippen LogP contribution is 2.30. The lowest BCUT2D eigenvalue weighted by molar-refractivity contribution is -0.139. The zero-order valence-corrected chi connectivity index (χ0v) is 15.6. The van der Waals surface area contributed by atoms with Gasteiger partial charge in [-0.05, 0) is 6.07 Å². The molecular weight excluding hydrogens is 332 g/mol. The van der Waals surface area contributed by atoms with E-state index in [4.69, 9.17) is 4.98 Å². The number of carbonyl (C=O) groups is 1. The standard InChI is InChI=1S/C19H22N4OS/c1-19(2,3)17(24)22-8-10-23(11-9-22)18-21-16(13-25-18)15-7-5-4-6-14(15)12-20/h4-7,13H,8-11H2,1-3H3. The summed E-state index contributed by atoms with van der Waals surface area (Å²) in [6, 6.07) is 9.75. The SMILES string of the molecule is CC(C)(C)C(=O)N1CCN(c2nc(-c3ccccc3C#N)cs2)CC1. The maximum atomic E-state index is 12.4. The number of hydrogen-bond acceptors (Lipinski definition) is 5. The van der Waals surface area contributed by atoms with E-state index in [2.05, 4.69) is 11.0 Å². The Hall–Kier alpha value is -2.39. The summed E-state index contributed by atoms with van der Waals surface area (Å²) in [4.78, 5) is 21.3. The maximum Gasteiger partial charge on any atom is 0.228 e. The molecule has 1 fully saturated rings. The van der Waals surface area contributed by atoms with E-state index in [1.54, 1.807) is 11.3 Å². The highest BCUT2D eigenvalue weighted by Gasteiger charge is 2.30. The molecule has 0 N–H and O–H groups in total. The Labute approximate surface area is 152 Å². The number of amides is 1. The fourth-order valence-corrected chi connectivity index (χ4v) is 3.79. The van der Waals surface area contributed by atoms with Crippen LogP contribution in [0.5, 0.6) is 0 Å². The van der Waals surface area contributed by atoms with Crippen molar-refractivity contribution >= 4 is 22.4 Å². The van der Waals surface area contributed by atoms with Crippen LogP contribution in [-0.2, 0) is 4.79 Å². The van der Waals surface area contributed by atoms with E-state index in [0.29, 0.717) is 5.56 Å². The van der Waals surface area contributed by atoms with Gasteiger partial charge in [-0.2, -0.15) is 5.26 Å². The first-order chi connectivity index (χ1) is 11.9. The van der Waals surface area contributed by atoms with E-state index >= 15 is 0 Å². The summed E-state index contributed by atoms with van der Waals surface area (Å²) in [5, 5.41) is 12.2. The fourth-order valence-electron chi connectivity index (χ4n) is 2.91. The number of carbonyl (C=O) groups excluding carboxylic acids is 1. The second-order valence-electron chi connectivity index (χ2n) is 7.20. The minimum Gasteiger partial charge on any atom is -0.345 e. The molecule has 0 atom stereocenters. The van der Waals surface area contributed by atoms with Gasteiger partial charge in [-0.15, -0.1) is 11.3 Å². The van der Waals surface area contributed by atoms with Crippen molar-refractivity contribution in [2.75, 3.05) is 31.1 Å². The molecule has 1 aromatic carbocycles. The van der Waals surface area contributed by atoms with Gasteiger partial charge in [0, 0.05) is 42.5 Å². The van der Waals surface area contributed by atoms with Crippen molar-refractivity contribution in [3.05, 3.63) is 35.2 Å². The number of benzene rings is 1. The summed E-state index contributed by atoms with van der Waals surface area (Å²) in [5.41, 5.74) is 2.01. The lowest BCUT2D eigenvalue weighted by Gasteiger charge is -2.37. The van der Waals surface area contributed by atoms with Crippen molar-refractivity contribution in [2.24, 2.45) is 5.41 Å². The minimum atomic E-state index is -0.336.